The van der Waals surface area contributed by atoms with Gasteiger partial charge in [-0.1, -0.05) is 45.0 Å². The highest BCUT2D eigenvalue weighted by molar-refractivity contribution is 5.33. The molecule has 19 heavy (non-hydrogen) atoms. The molecule has 2 rings (SSSR count). The second-order valence-electron chi connectivity index (χ2n) is 6.24. The van der Waals surface area contributed by atoms with Gasteiger partial charge in [0.1, 0.15) is 0 Å². The van der Waals surface area contributed by atoms with Crippen molar-refractivity contribution in [1.29, 1.82) is 0 Å². The van der Waals surface area contributed by atoms with E-state index in [4.69, 9.17) is 0 Å². The summed E-state index contributed by atoms with van der Waals surface area (Å²) in [7, 11) is 0. The first-order valence-corrected chi connectivity index (χ1v) is 6.84. The number of allylic oxidation sites excluding steroid dienone is 2. The maximum Gasteiger partial charge on any atom is 0.249 e. The van der Waals surface area contributed by atoms with Gasteiger partial charge in [0, 0.05) is 0 Å². The van der Waals surface area contributed by atoms with Crippen LogP contribution in [0.25, 0.3) is 0 Å². The average molecular weight is 259 g/mol. The van der Waals surface area contributed by atoms with Crippen LogP contribution in [0, 0.1) is 10.1 Å². The highest BCUT2D eigenvalue weighted by Gasteiger charge is 2.28. The van der Waals surface area contributed by atoms with Gasteiger partial charge in [-0.25, -0.2) is 0 Å². The maximum atomic E-state index is 11.1. The van der Waals surface area contributed by atoms with E-state index in [0.29, 0.717) is 5.70 Å². The molecule has 1 atom stereocenters. The molecular weight excluding hydrogens is 238 g/mol. The molecule has 1 aromatic carbocycles. The van der Waals surface area contributed by atoms with E-state index >= 15 is 0 Å². The van der Waals surface area contributed by atoms with Gasteiger partial charge >= 0.3 is 0 Å². The molecule has 0 radical (unpaired) electrons. The topological polar surface area (TPSA) is 43.1 Å². The third kappa shape index (κ3) is 3.03. The Labute approximate surface area is 114 Å². The van der Waals surface area contributed by atoms with Crippen molar-refractivity contribution in [3.05, 3.63) is 57.3 Å². The highest BCUT2D eigenvalue weighted by Crippen LogP contribution is 2.35. The summed E-state index contributed by atoms with van der Waals surface area (Å²) in [6.07, 6.45) is 4.52. The van der Waals surface area contributed by atoms with Gasteiger partial charge in [-0.15, -0.1) is 0 Å². The molecule has 0 aromatic heterocycles. The number of hydrogen-bond acceptors (Lipinski definition) is 2. The Hall–Kier alpha value is -1.64. The molecule has 3 heteroatoms. The molecule has 1 aromatic rings. The quantitative estimate of drug-likeness (QED) is 0.583. The van der Waals surface area contributed by atoms with Gasteiger partial charge in [0.25, 0.3) is 0 Å². The lowest BCUT2D eigenvalue weighted by Gasteiger charge is -2.22. The van der Waals surface area contributed by atoms with Gasteiger partial charge in [-0.2, -0.15) is 0 Å². The lowest BCUT2D eigenvalue weighted by atomic mass is 9.83. The maximum absolute atomic E-state index is 11.1. The Morgan fingerprint density at radius 3 is 2.37 bits per heavy atom. The van der Waals surface area contributed by atoms with Crippen molar-refractivity contribution in [2.24, 2.45) is 0 Å². The minimum atomic E-state index is -0.221. The van der Waals surface area contributed by atoms with Crippen LogP contribution in [0.1, 0.15) is 57.1 Å². The normalized spacial score (nSPS) is 19.9. The fraction of sp³-hybridized carbons (Fsp3) is 0.500. The number of rotatable bonds is 2. The number of nitrogens with zero attached hydrogens (tertiary/aromatic N) is 1. The molecule has 0 saturated heterocycles. The molecule has 0 N–H and O–H groups in total. The van der Waals surface area contributed by atoms with Gasteiger partial charge in [-0.3, -0.25) is 10.1 Å². The van der Waals surface area contributed by atoms with E-state index in [1.54, 1.807) is 6.08 Å². The van der Waals surface area contributed by atoms with Crippen molar-refractivity contribution < 1.29 is 4.92 Å². The molecule has 0 bridgehead atoms. The fourth-order valence-electron chi connectivity index (χ4n) is 2.62. The monoisotopic (exact) mass is 259 g/mol. The Kier molecular flexibility index (Phi) is 3.74. The largest absolute Gasteiger partial charge is 0.259 e. The second kappa shape index (κ2) is 5.16. The molecule has 0 unspecified atom stereocenters. The molecule has 3 nitrogen and oxygen atoms in total. The summed E-state index contributed by atoms with van der Waals surface area (Å²) >= 11 is 0. The van der Waals surface area contributed by atoms with E-state index in [2.05, 4.69) is 32.9 Å². The Bertz CT molecular complexity index is 494. The van der Waals surface area contributed by atoms with E-state index in [9.17, 15) is 10.1 Å². The summed E-state index contributed by atoms with van der Waals surface area (Å²) < 4.78 is 0. The van der Waals surface area contributed by atoms with Gasteiger partial charge in [0.15, 0.2) is 0 Å². The number of nitro groups is 1. The predicted molar refractivity (Wildman–Crippen MR) is 76.8 cm³/mol. The predicted octanol–water partition coefficient (Wildman–Crippen LogP) is 4.41. The standard InChI is InChI=1S/C16H21NO2/c1-16(2,3)13-10-8-12(9-11-13)14-6-4-5-7-15(14)17(18)19/h7-11,14H,4-6H2,1-3H3/t14-/m0/s1. The van der Waals surface area contributed by atoms with Crippen LogP contribution in [0.5, 0.6) is 0 Å². The first-order chi connectivity index (χ1) is 8.89. The third-order valence-electron chi connectivity index (χ3n) is 3.80. The Morgan fingerprint density at radius 1 is 1.21 bits per heavy atom. The van der Waals surface area contributed by atoms with E-state index in [1.165, 1.54) is 5.56 Å². The molecular formula is C16H21NO2. The average Bonchev–Trinajstić information content (AvgIpc) is 2.38. The summed E-state index contributed by atoms with van der Waals surface area (Å²) in [5.74, 6) is -0.0437. The van der Waals surface area contributed by atoms with Crippen LogP contribution >= 0.6 is 0 Å². The molecule has 0 heterocycles. The van der Waals surface area contributed by atoms with Crippen LogP contribution in [-0.4, -0.2) is 4.92 Å². The SMILES string of the molecule is CC(C)(C)c1ccc([C@@H]2CCCC=C2[N+](=O)[O-])cc1. The first-order valence-electron chi connectivity index (χ1n) is 6.84. The van der Waals surface area contributed by atoms with Crippen LogP contribution in [0.15, 0.2) is 36.0 Å². The lowest BCUT2D eigenvalue weighted by Crippen LogP contribution is -2.15. The van der Waals surface area contributed by atoms with Crippen molar-refractivity contribution in [3.63, 3.8) is 0 Å². The zero-order valence-electron chi connectivity index (χ0n) is 11.8. The zero-order valence-corrected chi connectivity index (χ0v) is 11.8. The molecule has 0 amide bonds. The van der Waals surface area contributed by atoms with Crippen molar-refractivity contribution in [2.75, 3.05) is 0 Å². The molecule has 1 aliphatic rings. The van der Waals surface area contributed by atoms with Crippen LogP contribution < -0.4 is 0 Å². The second-order valence-corrected chi connectivity index (χ2v) is 6.24. The Balaban J connectivity index is 2.29. The number of benzene rings is 1. The number of hydrogen-bond donors (Lipinski definition) is 0. The minimum Gasteiger partial charge on any atom is -0.259 e. The fourth-order valence-corrected chi connectivity index (χ4v) is 2.62. The van der Waals surface area contributed by atoms with Crippen molar-refractivity contribution in [3.8, 4) is 0 Å². The van der Waals surface area contributed by atoms with Crippen LogP contribution in [-0.2, 0) is 5.41 Å². The summed E-state index contributed by atoms with van der Waals surface area (Å²) in [5.41, 5.74) is 2.82. The van der Waals surface area contributed by atoms with E-state index in [1.807, 2.05) is 12.1 Å². The summed E-state index contributed by atoms with van der Waals surface area (Å²) in [6.45, 7) is 6.51. The van der Waals surface area contributed by atoms with Crippen LogP contribution in [0.2, 0.25) is 0 Å². The van der Waals surface area contributed by atoms with E-state index < -0.39 is 0 Å². The van der Waals surface area contributed by atoms with Crippen LogP contribution in [0.3, 0.4) is 0 Å². The van der Waals surface area contributed by atoms with E-state index in [0.717, 1.165) is 24.8 Å². The minimum absolute atomic E-state index is 0.0437. The smallest absolute Gasteiger partial charge is 0.249 e. The lowest BCUT2D eigenvalue weighted by molar-refractivity contribution is -0.431. The van der Waals surface area contributed by atoms with Gasteiger partial charge in [0.05, 0.1) is 10.8 Å². The van der Waals surface area contributed by atoms with Gasteiger partial charge < -0.3 is 0 Å². The summed E-state index contributed by atoms with van der Waals surface area (Å²) in [5, 5.41) is 11.1. The van der Waals surface area contributed by atoms with E-state index in [-0.39, 0.29) is 16.3 Å². The molecule has 0 spiro atoms. The van der Waals surface area contributed by atoms with Gasteiger partial charge in [-0.05, 0) is 41.9 Å². The molecule has 0 aliphatic heterocycles. The zero-order chi connectivity index (χ0) is 14.0. The molecule has 0 saturated carbocycles. The molecule has 0 fully saturated rings. The highest BCUT2D eigenvalue weighted by atomic mass is 16.6. The molecule has 102 valence electrons. The van der Waals surface area contributed by atoms with Crippen molar-refractivity contribution >= 4 is 0 Å². The van der Waals surface area contributed by atoms with Crippen LogP contribution in [0.4, 0.5) is 0 Å². The summed E-state index contributed by atoms with van der Waals surface area (Å²) in [6, 6.07) is 8.30. The summed E-state index contributed by atoms with van der Waals surface area (Å²) in [4.78, 5) is 10.9. The molecule has 1 aliphatic carbocycles. The third-order valence-corrected chi connectivity index (χ3v) is 3.80. The van der Waals surface area contributed by atoms with Gasteiger partial charge in [0.2, 0.25) is 5.70 Å². The first kappa shape index (κ1) is 13.8. The van der Waals surface area contributed by atoms with Crippen molar-refractivity contribution in [2.45, 2.75) is 51.4 Å². The van der Waals surface area contributed by atoms with Crippen molar-refractivity contribution in [1.82, 2.24) is 0 Å². The Morgan fingerprint density at radius 2 is 1.84 bits per heavy atom.